The van der Waals surface area contributed by atoms with Gasteiger partial charge in [0, 0.05) is 19.3 Å². The summed E-state index contributed by atoms with van der Waals surface area (Å²) in [6, 6.07) is -0.611. The predicted molar refractivity (Wildman–Crippen MR) is 243 cm³/mol. The molecule has 0 rings (SSSR count). The van der Waals surface area contributed by atoms with Crippen LogP contribution in [0.25, 0.3) is 0 Å². The van der Waals surface area contributed by atoms with Crippen molar-refractivity contribution in [2.24, 2.45) is 0 Å². The third kappa shape index (κ3) is 39.3. The van der Waals surface area contributed by atoms with Crippen molar-refractivity contribution >= 4 is 17.9 Å². The molecular formula is C50H94NO7+. The van der Waals surface area contributed by atoms with Crippen LogP contribution in [0.15, 0.2) is 24.3 Å². The van der Waals surface area contributed by atoms with Crippen LogP contribution in [0.2, 0.25) is 0 Å². The van der Waals surface area contributed by atoms with Crippen molar-refractivity contribution in [3.63, 3.8) is 0 Å². The number of unbranched alkanes of at least 4 members (excludes halogenated alkanes) is 26. The number of aliphatic carboxylic acids is 1. The Morgan fingerprint density at radius 2 is 0.966 bits per heavy atom. The van der Waals surface area contributed by atoms with Crippen molar-refractivity contribution in [2.75, 3.05) is 41.0 Å². The quantitative estimate of drug-likeness (QED) is 0.0283. The zero-order chi connectivity index (χ0) is 42.8. The fourth-order valence-electron chi connectivity index (χ4n) is 7.37. The summed E-state index contributed by atoms with van der Waals surface area (Å²) in [5.41, 5.74) is 0. The molecule has 2 atom stereocenters. The first-order valence-corrected chi connectivity index (χ1v) is 24.4. The Balaban J connectivity index is 4.21. The summed E-state index contributed by atoms with van der Waals surface area (Å²) < 4.78 is 17.3. The number of hydrogen-bond acceptors (Lipinski definition) is 6. The summed E-state index contributed by atoms with van der Waals surface area (Å²) in [5.74, 6) is -1.45. The number of nitrogens with zero attached hydrogens (tertiary/aromatic N) is 1. The van der Waals surface area contributed by atoms with Crippen molar-refractivity contribution in [3.8, 4) is 0 Å². The number of carboxylic acid groups (broad SMARTS) is 1. The number of allylic oxidation sites excluding steroid dienone is 4. The average molecular weight is 821 g/mol. The molecule has 340 valence electrons. The zero-order valence-corrected chi connectivity index (χ0v) is 38.8. The van der Waals surface area contributed by atoms with Gasteiger partial charge in [-0.2, -0.15) is 0 Å². The van der Waals surface area contributed by atoms with Gasteiger partial charge in [-0.15, -0.1) is 0 Å². The Morgan fingerprint density at radius 3 is 1.41 bits per heavy atom. The van der Waals surface area contributed by atoms with E-state index in [1.807, 2.05) is 21.1 Å². The maximum atomic E-state index is 12.8. The minimum atomic E-state index is -0.872. The Bertz CT molecular complexity index is 1000. The van der Waals surface area contributed by atoms with Crippen LogP contribution < -0.4 is 0 Å². The van der Waals surface area contributed by atoms with Gasteiger partial charge in [-0.05, 0) is 38.5 Å². The summed E-state index contributed by atoms with van der Waals surface area (Å²) >= 11 is 0. The van der Waals surface area contributed by atoms with Crippen LogP contribution in [0.1, 0.15) is 226 Å². The number of ether oxygens (including phenoxy) is 3. The highest BCUT2D eigenvalue weighted by atomic mass is 16.6. The molecule has 0 aliphatic heterocycles. The lowest BCUT2D eigenvalue weighted by Crippen LogP contribution is -2.50. The minimum Gasteiger partial charge on any atom is -0.477 e. The van der Waals surface area contributed by atoms with E-state index in [1.165, 1.54) is 141 Å². The molecule has 1 N–H and O–H groups in total. The summed E-state index contributed by atoms with van der Waals surface area (Å²) in [5, 5.41) is 9.63. The Labute approximate surface area is 358 Å². The first-order chi connectivity index (χ1) is 28.1. The van der Waals surface area contributed by atoms with Crippen molar-refractivity contribution in [3.05, 3.63) is 24.3 Å². The van der Waals surface area contributed by atoms with Gasteiger partial charge in [-0.25, -0.2) is 4.79 Å². The van der Waals surface area contributed by atoms with E-state index in [0.717, 1.165) is 51.4 Å². The molecule has 0 amide bonds. The van der Waals surface area contributed by atoms with Crippen LogP contribution in [0.4, 0.5) is 0 Å². The molecule has 0 aromatic carbocycles. The van der Waals surface area contributed by atoms with E-state index in [4.69, 9.17) is 14.2 Å². The fraction of sp³-hybridized carbons (Fsp3) is 0.860. The monoisotopic (exact) mass is 821 g/mol. The van der Waals surface area contributed by atoms with Crippen LogP contribution in [0, 0.1) is 0 Å². The molecule has 58 heavy (non-hydrogen) atoms. The molecule has 8 heteroatoms. The van der Waals surface area contributed by atoms with Crippen LogP contribution in [-0.2, 0) is 28.6 Å². The first-order valence-electron chi connectivity index (χ1n) is 24.4. The van der Waals surface area contributed by atoms with Crippen LogP contribution in [0.3, 0.4) is 0 Å². The van der Waals surface area contributed by atoms with Gasteiger partial charge in [0.15, 0.2) is 12.1 Å². The Morgan fingerprint density at radius 1 is 0.534 bits per heavy atom. The van der Waals surface area contributed by atoms with Crippen molar-refractivity contribution in [2.45, 2.75) is 238 Å². The van der Waals surface area contributed by atoms with E-state index < -0.39 is 18.1 Å². The number of likely N-dealkylation sites (N-methyl/N-ethyl adjacent to an activating group) is 1. The van der Waals surface area contributed by atoms with Gasteiger partial charge in [0.25, 0.3) is 0 Å². The normalized spacial score (nSPS) is 13.1. The molecule has 2 unspecified atom stereocenters. The van der Waals surface area contributed by atoms with E-state index in [9.17, 15) is 19.5 Å². The molecule has 0 bridgehead atoms. The van der Waals surface area contributed by atoms with Crippen LogP contribution >= 0.6 is 0 Å². The van der Waals surface area contributed by atoms with Gasteiger partial charge in [0.2, 0.25) is 0 Å². The largest absolute Gasteiger partial charge is 0.477 e. The lowest BCUT2D eigenvalue weighted by atomic mass is 10.0. The van der Waals surface area contributed by atoms with E-state index in [2.05, 4.69) is 38.2 Å². The summed E-state index contributed by atoms with van der Waals surface area (Å²) in [7, 11) is 5.54. The van der Waals surface area contributed by atoms with Gasteiger partial charge in [-0.1, -0.05) is 192 Å². The maximum Gasteiger partial charge on any atom is 0.362 e. The fourth-order valence-corrected chi connectivity index (χ4v) is 7.37. The smallest absolute Gasteiger partial charge is 0.362 e. The molecule has 0 fully saturated rings. The third-order valence-electron chi connectivity index (χ3n) is 11.1. The molecule has 0 spiro atoms. The summed E-state index contributed by atoms with van der Waals surface area (Å²) in [6.45, 7) is 4.66. The van der Waals surface area contributed by atoms with E-state index in [-0.39, 0.29) is 36.2 Å². The van der Waals surface area contributed by atoms with Crippen molar-refractivity contribution in [1.29, 1.82) is 0 Å². The van der Waals surface area contributed by atoms with Crippen LogP contribution in [-0.4, -0.2) is 80.6 Å². The number of carboxylic acids is 1. The number of rotatable bonds is 44. The van der Waals surface area contributed by atoms with Gasteiger partial charge in [0.1, 0.15) is 6.61 Å². The number of hydrogen-bond donors (Lipinski definition) is 1. The maximum absolute atomic E-state index is 12.8. The second-order valence-corrected chi connectivity index (χ2v) is 17.7. The first kappa shape index (κ1) is 55.8. The highest BCUT2D eigenvalue weighted by Crippen LogP contribution is 2.16. The topological polar surface area (TPSA) is 99.1 Å². The van der Waals surface area contributed by atoms with Crippen molar-refractivity contribution < 1.29 is 38.2 Å². The second-order valence-electron chi connectivity index (χ2n) is 17.7. The molecule has 0 aliphatic carbocycles. The number of quaternary nitrogens is 1. The minimum absolute atomic E-state index is 0.0455. The van der Waals surface area contributed by atoms with Crippen LogP contribution in [0.5, 0.6) is 0 Å². The lowest BCUT2D eigenvalue weighted by Gasteiger charge is -2.31. The molecule has 0 saturated heterocycles. The Kier molecular flexibility index (Phi) is 40.0. The molecule has 0 heterocycles. The van der Waals surface area contributed by atoms with E-state index >= 15 is 0 Å². The highest BCUT2D eigenvalue weighted by Gasteiger charge is 2.31. The van der Waals surface area contributed by atoms with E-state index in [0.29, 0.717) is 19.3 Å². The molecule has 0 saturated carbocycles. The SMILES string of the molecule is CC/C=C/C/C=C/CCCCCCCCCCCCCCCCC(=O)OC(COCCC(C(=O)O)[N+](C)(C)C)COC(=O)CCCCCCCCCCCCCCC. The molecule has 0 aliphatic rings. The average Bonchev–Trinajstić information content (AvgIpc) is 3.18. The molecule has 8 nitrogen and oxygen atoms in total. The van der Waals surface area contributed by atoms with Gasteiger partial charge in [-0.3, -0.25) is 9.59 Å². The third-order valence-corrected chi connectivity index (χ3v) is 11.1. The predicted octanol–water partition coefficient (Wildman–Crippen LogP) is 13.6. The van der Waals surface area contributed by atoms with Crippen molar-refractivity contribution in [1.82, 2.24) is 0 Å². The number of carbonyl (C=O) groups is 3. The lowest BCUT2D eigenvalue weighted by molar-refractivity contribution is -0.887. The summed E-state index contributed by atoms with van der Waals surface area (Å²) in [6.07, 6.45) is 46.5. The van der Waals surface area contributed by atoms with Gasteiger partial charge >= 0.3 is 17.9 Å². The Hall–Kier alpha value is -2.19. The molecule has 0 aromatic rings. The second kappa shape index (κ2) is 41.5. The highest BCUT2D eigenvalue weighted by molar-refractivity contribution is 5.72. The zero-order valence-electron chi connectivity index (χ0n) is 38.8. The molecule has 0 aromatic heterocycles. The van der Waals surface area contributed by atoms with Gasteiger partial charge < -0.3 is 23.8 Å². The summed E-state index contributed by atoms with van der Waals surface area (Å²) in [4.78, 5) is 37.1. The number of esters is 2. The standard InChI is InChI=1S/C50H93NO7/c1-6-8-10-12-14-16-18-20-21-22-23-24-25-26-27-29-31-33-35-37-39-41-49(53)58-46(44-56-43-42-47(50(54)55)51(3,4)5)45-57-48(52)40-38-36-34-32-30-28-19-17-15-13-11-9-7-2/h8,10,14,16,46-47H,6-7,9,11-13,15,17-45H2,1-5H3/p+1/b10-8+,16-14+. The number of carbonyl (C=O) groups excluding carboxylic acids is 2. The van der Waals surface area contributed by atoms with E-state index in [1.54, 1.807) is 0 Å². The molecule has 0 radical (unpaired) electrons. The van der Waals surface area contributed by atoms with Gasteiger partial charge in [0.05, 0.1) is 34.4 Å². The molecular weight excluding hydrogens is 727 g/mol.